The first-order valence-electron chi connectivity index (χ1n) is 10.5. The Labute approximate surface area is 194 Å². The molecule has 1 saturated heterocycles. The minimum atomic E-state index is -0.00852. The maximum Gasteiger partial charge on any atom is 0.262 e. The standard InChI is InChI=1S/C24H23N3O3S2/c1-29-18-10-8-16(9-11-18)22-25-17(14-31-22)15-32-24-26-21-7-3-2-6-20(21)23(28)27(24)13-19-5-4-12-30-19/h2-3,6-11,14,19H,4-5,12-13,15H2,1H3. The number of fused-ring (bicyclic) bond motifs is 1. The summed E-state index contributed by atoms with van der Waals surface area (Å²) in [5.41, 5.74) is 2.75. The van der Waals surface area contributed by atoms with Crippen molar-refractivity contribution in [2.75, 3.05) is 13.7 Å². The van der Waals surface area contributed by atoms with Crippen molar-refractivity contribution in [2.45, 2.75) is 36.4 Å². The van der Waals surface area contributed by atoms with Gasteiger partial charge in [-0.05, 0) is 49.2 Å². The van der Waals surface area contributed by atoms with Crippen LogP contribution in [0, 0.1) is 0 Å². The molecule has 1 fully saturated rings. The molecule has 0 amide bonds. The lowest BCUT2D eigenvalue weighted by atomic mass is 10.2. The first-order valence-corrected chi connectivity index (χ1v) is 12.4. The molecular formula is C24H23N3O3S2. The van der Waals surface area contributed by atoms with Crippen LogP contribution in [-0.4, -0.2) is 34.4 Å². The summed E-state index contributed by atoms with van der Waals surface area (Å²) >= 11 is 3.16. The van der Waals surface area contributed by atoms with Gasteiger partial charge in [-0.3, -0.25) is 9.36 Å². The van der Waals surface area contributed by atoms with Crippen LogP contribution in [0.4, 0.5) is 0 Å². The van der Waals surface area contributed by atoms with E-state index in [1.807, 2.05) is 48.5 Å². The number of thioether (sulfide) groups is 1. The van der Waals surface area contributed by atoms with E-state index < -0.39 is 0 Å². The quantitative estimate of drug-likeness (QED) is 0.283. The summed E-state index contributed by atoms with van der Waals surface area (Å²) in [5, 5.41) is 4.39. The lowest BCUT2D eigenvalue weighted by Gasteiger charge is -2.16. The SMILES string of the molecule is COc1ccc(-c2nc(CSc3nc4ccccc4c(=O)n3CC3CCCO3)cs2)cc1. The summed E-state index contributed by atoms with van der Waals surface area (Å²) in [5.74, 6) is 1.47. The summed E-state index contributed by atoms with van der Waals surface area (Å²) < 4.78 is 12.8. The van der Waals surface area contributed by atoms with Crippen molar-refractivity contribution in [1.82, 2.24) is 14.5 Å². The highest BCUT2D eigenvalue weighted by atomic mass is 32.2. The molecule has 1 aliphatic heterocycles. The minimum absolute atomic E-state index is 0.00852. The van der Waals surface area contributed by atoms with Gasteiger partial charge in [0.05, 0.1) is 36.4 Å². The van der Waals surface area contributed by atoms with Crippen LogP contribution in [0.1, 0.15) is 18.5 Å². The average molecular weight is 466 g/mol. The van der Waals surface area contributed by atoms with E-state index in [0.29, 0.717) is 22.8 Å². The second-order valence-corrected chi connectivity index (χ2v) is 9.42. The van der Waals surface area contributed by atoms with E-state index in [-0.39, 0.29) is 11.7 Å². The maximum atomic E-state index is 13.2. The average Bonchev–Trinajstić information content (AvgIpc) is 3.52. The van der Waals surface area contributed by atoms with Crippen molar-refractivity contribution < 1.29 is 9.47 Å². The second kappa shape index (κ2) is 9.44. The molecule has 4 aromatic rings. The van der Waals surface area contributed by atoms with Crippen LogP contribution in [-0.2, 0) is 17.0 Å². The molecule has 3 heterocycles. The smallest absolute Gasteiger partial charge is 0.262 e. The Balaban J connectivity index is 1.39. The molecule has 164 valence electrons. The van der Waals surface area contributed by atoms with Gasteiger partial charge in [0, 0.05) is 23.3 Å². The second-order valence-electron chi connectivity index (χ2n) is 7.62. The van der Waals surface area contributed by atoms with Crippen LogP contribution < -0.4 is 10.3 Å². The third kappa shape index (κ3) is 4.44. The fraction of sp³-hybridized carbons (Fsp3) is 0.292. The van der Waals surface area contributed by atoms with Crippen LogP contribution in [0.5, 0.6) is 5.75 Å². The fourth-order valence-electron chi connectivity index (χ4n) is 3.79. The summed E-state index contributed by atoms with van der Waals surface area (Å²) in [4.78, 5) is 22.8. The number of thiazole rings is 1. The molecule has 6 nitrogen and oxygen atoms in total. The number of aromatic nitrogens is 3. The first-order chi connectivity index (χ1) is 15.7. The molecule has 5 rings (SSSR count). The number of methoxy groups -OCH3 is 1. The molecule has 0 N–H and O–H groups in total. The molecule has 2 aromatic carbocycles. The molecular weight excluding hydrogens is 442 g/mol. The Bertz CT molecular complexity index is 1280. The zero-order valence-corrected chi connectivity index (χ0v) is 19.3. The van der Waals surface area contributed by atoms with Crippen molar-refractivity contribution in [3.8, 4) is 16.3 Å². The Hall–Kier alpha value is -2.68. The highest BCUT2D eigenvalue weighted by Gasteiger charge is 2.20. The molecule has 1 unspecified atom stereocenters. The number of nitrogens with zero attached hydrogens (tertiary/aromatic N) is 3. The van der Waals surface area contributed by atoms with Gasteiger partial charge in [0.25, 0.3) is 5.56 Å². The van der Waals surface area contributed by atoms with Gasteiger partial charge in [0.2, 0.25) is 0 Å². The van der Waals surface area contributed by atoms with Crippen LogP contribution in [0.2, 0.25) is 0 Å². The summed E-state index contributed by atoms with van der Waals surface area (Å²) in [6.07, 6.45) is 2.08. The Morgan fingerprint density at radius 3 is 2.81 bits per heavy atom. The zero-order valence-electron chi connectivity index (χ0n) is 17.7. The van der Waals surface area contributed by atoms with E-state index in [0.717, 1.165) is 47.0 Å². The lowest BCUT2D eigenvalue weighted by molar-refractivity contribution is 0.0937. The lowest BCUT2D eigenvalue weighted by Crippen LogP contribution is -2.28. The van der Waals surface area contributed by atoms with Crippen molar-refractivity contribution in [3.05, 3.63) is 70.0 Å². The Kier molecular flexibility index (Phi) is 6.25. The summed E-state index contributed by atoms with van der Waals surface area (Å²) in [6, 6.07) is 15.4. The number of ether oxygens (including phenoxy) is 2. The van der Waals surface area contributed by atoms with Crippen molar-refractivity contribution >= 4 is 34.0 Å². The zero-order chi connectivity index (χ0) is 21.9. The summed E-state index contributed by atoms with van der Waals surface area (Å²) in [7, 11) is 1.66. The third-order valence-electron chi connectivity index (χ3n) is 5.47. The van der Waals surface area contributed by atoms with E-state index in [9.17, 15) is 4.79 Å². The molecule has 2 aromatic heterocycles. The predicted octanol–water partition coefficient (Wildman–Crippen LogP) is 5.00. The van der Waals surface area contributed by atoms with E-state index in [4.69, 9.17) is 19.4 Å². The van der Waals surface area contributed by atoms with Gasteiger partial charge in [-0.15, -0.1) is 11.3 Å². The van der Waals surface area contributed by atoms with Crippen molar-refractivity contribution in [3.63, 3.8) is 0 Å². The number of hydrogen-bond donors (Lipinski definition) is 0. The van der Waals surface area contributed by atoms with Crippen LogP contribution >= 0.6 is 23.1 Å². The first kappa shape index (κ1) is 21.2. The number of rotatable bonds is 7. The molecule has 1 atom stereocenters. The monoisotopic (exact) mass is 465 g/mol. The minimum Gasteiger partial charge on any atom is -0.497 e. The van der Waals surface area contributed by atoms with E-state index in [1.54, 1.807) is 34.8 Å². The highest BCUT2D eigenvalue weighted by molar-refractivity contribution is 7.98. The van der Waals surface area contributed by atoms with Gasteiger partial charge in [-0.1, -0.05) is 23.9 Å². The molecule has 0 radical (unpaired) electrons. The van der Waals surface area contributed by atoms with Gasteiger partial charge in [-0.2, -0.15) is 0 Å². The number of benzene rings is 2. The van der Waals surface area contributed by atoms with E-state index in [1.165, 1.54) is 0 Å². The molecule has 0 saturated carbocycles. The van der Waals surface area contributed by atoms with Gasteiger partial charge in [0.1, 0.15) is 10.8 Å². The van der Waals surface area contributed by atoms with E-state index >= 15 is 0 Å². The van der Waals surface area contributed by atoms with Crippen LogP contribution in [0.25, 0.3) is 21.5 Å². The van der Waals surface area contributed by atoms with Gasteiger partial charge in [0.15, 0.2) is 5.16 Å². The topological polar surface area (TPSA) is 66.2 Å². The van der Waals surface area contributed by atoms with Gasteiger partial charge >= 0.3 is 0 Å². The fourth-order valence-corrected chi connectivity index (χ4v) is 5.62. The van der Waals surface area contributed by atoms with Gasteiger partial charge < -0.3 is 9.47 Å². The normalized spacial score (nSPS) is 16.0. The summed E-state index contributed by atoms with van der Waals surface area (Å²) in [6.45, 7) is 1.29. The maximum absolute atomic E-state index is 13.2. The molecule has 0 aliphatic carbocycles. The molecule has 0 spiro atoms. The Morgan fingerprint density at radius 2 is 2.03 bits per heavy atom. The van der Waals surface area contributed by atoms with Crippen molar-refractivity contribution in [2.24, 2.45) is 0 Å². The number of para-hydroxylation sites is 1. The van der Waals surface area contributed by atoms with E-state index in [2.05, 4.69) is 5.38 Å². The highest BCUT2D eigenvalue weighted by Crippen LogP contribution is 2.29. The van der Waals surface area contributed by atoms with Gasteiger partial charge in [-0.25, -0.2) is 9.97 Å². The number of hydrogen-bond acceptors (Lipinski definition) is 7. The van der Waals surface area contributed by atoms with Crippen LogP contribution in [0.3, 0.4) is 0 Å². The largest absolute Gasteiger partial charge is 0.497 e. The van der Waals surface area contributed by atoms with Crippen LogP contribution in [0.15, 0.2) is 63.9 Å². The van der Waals surface area contributed by atoms with Crippen molar-refractivity contribution in [1.29, 1.82) is 0 Å². The molecule has 1 aliphatic rings. The molecule has 0 bridgehead atoms. The Morgan fingerprint density at radius 1 is 1.19 bits per heavy atom. The molecule has 32 heavy (non-hydrogen) atoms. The predicted molar refractivity (Wildman–Crippen MR) is 129 cm³/mol. The third-order valence-corrected chi connectivity index (χ3v) is 7.42. The molecule has 8 heteroatoms.